The lowest BCUT2D eigenvalue weighted by Gasteiger charge is -2.12. The van der Waals surface area contributed by atoms with Crippen LogP contribution in [0.4, 0.5) is 0 Å². The number of carbonyl (C=O) groups excluding carboxylic acids is 1. The van der Waals surface area contributed by atoms with E-state index in [1.807, 2.05) is 6.92 Å². The van der Waals surface area contributed by atoms with Gasteiger partial charge in [0.25, 0.3) is 5.91 Å². The number of aryl methyl sites for hydroxylation is 1. The van der Waals surface area contributed by atoms with Gasteiger partial charge in [0.2, 0.25) is 0 Å². The molecule has 16 heavy (non-hydrogen) atoms. The highest BCUT2D eigenvalue weighted by Gasteiger charge is 2.12. The second-order valence-electron chi connectivity index (χ2n) is 4.06. The van der Waals surface area contributed by atoms with Crippen molar-refractivity contribution in [2.75, 3.05) is 0 Å². The van der Waals surface area contributed by atoms with Crippen LogP contribution in [0.2, 0.25) is 0 Å². The van der Waals surface area contributed by atoms with Crippen LogP contribution in [-0.4, -0.2) is 16.9 Å². The number of aromatic amines is 1. The summed E-state index contributed by atoms with van der Waals surface area (Å²) in [5.41, 5.74) is 0.689. The summed E-state index contributed by atoms with van der Waals surface area (Å²) < 4.78 is 0. The smallest absolute Gasteiger partial charge is 0.256 e. The van der Waals surface area contributed by atoms with Gasteiger partial charge in [-0.1, -0.05) is 13.3 Å². The standard InChI is InChI=1S/C12H18N2O2/c1-4-5-8(2)14-12(16)10-7-13-9(3)6-11(10)15/h6-8H,4-5H2,1-3H3,(H,13,15)(H,14,16). The summed E-state index contributed by atoms with van der Waals surface area (Å²) in [5.74, 6) is -0.304. The van der Waals surface area contributed by atoms with Crippen LogP contribution in [0.5, 0.6) is 0 Å². The largest absolute Gasteiger partial charge is 0.364 e. The Hall–Kier alpha value is -1.58. The SMILES string of the molecule is CCCC(C)NC(=O)c1c[nH]c(C)cc1=O. The number of carbonyl (C=O) groups is 1. The molecule has 0 saturated heterocycles. The van der Waals surface area contributed by atoms with Gasteiger partial charge in [-0.2, -0.15) is 0 Å². The Balaban J connectivity index is 2.77. The summed E-state index contributed by atoms with van der Waals surface area (Å²) in [5, 5.41) is 2.80. The van der Waals surface area contributed by atoms with Gasteiger partial charge in [-0.3, -0.25) is 9.59 Å². The number of hydrogen-bond acceptors (Lipinski definition) is 2. The normalized spacial score (nSPS) is 12.2. The van der Waals surface area contributed by atoms with Crippen molar-refractivity contribution in [2.24, 2.45) is 0 Å². The van der Waals surface area contributed by atoms with Crippen molar-refractivity contribution >= 4 is 5.91 Å². The molecule has 0 aliphatic rings. The van der Waals surface area contributed by atoms with Crippen LogP contribution in [0.3, 0.4) is 0 Å². The van der Waals surface area contributed by atoms with Gasteiger partial charge in [0.05, 0.1) is 0 Å². The molecule has 1 unspecified atom stereocenters. The summed E-state index contributed by atoms with van der Waals surface area (Å²) in [4.78, 5) is 26.1. The fraction of sp³-hybridized carbons (Fsp3) is 0.500. The first-order chi connectivity index (χ1) is 7.54. The Bertz CT molecular complexity index is 423. The molecule has 4 heteroatoms. The highest BCUT2D eigenvalue weighted by molar-refractivity contribution is 5.93. The Kier molecular flexibility index (Phi) is 4.28. The third-order valence-corrected chi connectivity index (χ3v) is 2.40. The first kappa shape index (κ1) is 12.5. The maximum atomic E-state index is 11.7. The van der Waals surface area contributed by atoms with Crippen LogP contribution < -0.4 is 10.7 Å². The molecule has 0 saturated carbocycles. The third kappa shape index (κ3) is 3.22. The molecule has 1 heterocycles. The van der Waals surface area contributed by atoms with Crippen LogP contribution in [-0.2, 0) is 0 Å². The maximum absolute atomic E-state index is 11.7. The molecule has 1 amide bonds. The van der Waals surface area contributed by atoms with Gasteiger partial charge in [0.1, 0.15) is 5.56 Å². The molecule has 1 aromatic rings. The quantitative estimate of drug-likeness (QED) is 0.812. The molecule has 0 aliphatic carbocycles. The molecule has 1 atom stereocenters. The number of H-pyrrole nitrogens is 1. The zero-order chi connectivity index (χ0) is 12.1. The van der Waals surface area contributed by atoms with E-state index in [1.54, 1.807) is 6.92 Å². The van der Waals surface area contributed by atoms with Crippen molar-refractivity contribution in [3.8, 4) is 0 Å². The predicted molar refractivity (Wildman–Crippen MR) is 63.6 cm³/mol. The Morgan fingerprint density at radius 1 is 1.56 bits per heavy atom. The second kappa shape index (κ2) is 5.49. The van der Waals surface area contributed by atoms with E-state index in [9.17, 15) is 9.59 Å². The molecule has 2 N–H and O–H groups in total. The molecule has 0 aromatic carbocycles. The summed E-state index contributed by atoms with van der Waals surface area (Å²) in [6, 6.07) is 1.53. The first-order valence-electron chi connectivity index (χ1n) is 5.54. The van der Waals surface area contributed by atoms with E-state index in [4.69, 9.17) is 0 Å². The van der Waals surface area contributed by atoms with Gasteiger partial charge in [0, 0.05) is 24.0 Å². The minimum Gasteiger partial charge on any atom is -0.364 e. The fourth-order valence-corrected chi connectivity index (χ4v) is 1.56. The van der Waals surface area contributed by atoms with E-state index in [2.05, 4.69) is 17.2 Å². The lowest BCUT2D eigenvalue weighted by atomic mass is 10.1. The monoisotopic (exact) mass is 222 g/mol. The third-order valence-electron chi connectivity index (χ3n) is 2.40. The predicted octanol–water partition coefficient (Wildman–Crippen LogP) is 1.60. The average molecular weight is 222 g/mol. The lowest BCUT2D eigenvalue weighted by molar-refractivity contribution is 0.0937. The number of hydrogen-bond donors (Lipinski definition) is 2. The minimum absolute atomic E-state index is 0.0956. The number of aromatic nitrogens is 1. The zero-order valence-electron chi connectivity index (χ0n) is 9.96. The lowest BCUT2D eigenvalue weighted by Crippen LogP contribution is -2.35. The number of pyridine rings is 1. The molecule has 4 nitrogen and oxygen atoms in total. The number of rotatable bonds is 4. The molecule has 0 radical (unpaired) electrons. The van der Waals surface area contributed by atoms with Crippen molar-refractivity contribution in [3.05, 3.63) is 33.7 Å². The Morgan fingerprint density at radius 2 is 2.25 bits per heavy atom. The van der Waals surface area contributed by atoms with Crippen molar-refractivity contribution in [3.63, 3.8) is 0 Å². The number of nitrogens with one attached hydrogen (secondary N) is 2. The van der Waals surface area contributed by atoms with Gasteiger partial charge in [-0.05, 0) is 20.3 Å². The first-order valence-corrected chi connectivity index (χ1v) is 5.54. The minimum atomic E-state index is -0.304. The van der Waals surface area contributed by atoms with E-state index in [0.29, 0.717) is 0 Å². The summed E-state index contributed by atoms with van der Waals surface area (Å²) in [6.07, 6.45) is 3.38. The molecular weight excluding hydrogens is 204 g/mol. The Morgan fingerprint density at radius 3 is 2.81 bits per heavy atom. The van der Waals surface area contributed by atoms with Crippen LogP contribution >= 0.6 is 0 Å². The van der Waals surface area contributed by atoms with E-state index in [-0.39, 0.29) is 22.9 Å². The highest BCUT2D eigenvalue weighted by Crippen LogP contribution is 1.98. The van der Waals surface area contributed by atoms with Gasteiger partial charge in [0.15, 0.2) is 5.43 Å². The average Bonchev–Trinajstić information content (AvgIpc) is 2.17. The van der Waals surface area contributed by atoms with Crippen LogP contribution in [0.1, 0.15) is 42.7 Å². The van der Waals surface area contributed by atoms with Crippen molar-refractivity contribution < 1.29 is 4.79 Å². The van der Waals surface area contributed by atoms with E-state index < -0.39 is 0 Å². The highest BCUT2D eigenvalue weighted by atomic mass is 16.2. The zero-order valence-corrected chi connectivity index (χ0v) is 9.96. The topological polar surface area (TPSA) is 62.0 Å². The van der Waals surface area contributed by atoms with Crippen molar-refractivity contribution in [2.45, 2.75) is 39.7 Å². The van der Waals surface area contributed by atoms with E-state index in [1.165, 1.54) is 12.3 Å². The summed E-state index contributed by atoms with van der Waals surface area (Å²) in [7, 11) is 0. The van der Waals surface area contributed by atoms with Crippen LogP contribution in [0, 0.1) is 6.92 Å². The molecule has 0 aliphatic heterocycles. The Labute approximate surface area is 95.1 Å². The van der Waals surface area contributed by atoms with Gasteiger partial charge >= 0.3 is 0 Å². The molecule has 0 fully saturated rings. The van der Waals surface area contributed by atoms with E-state index in [0.717, 1.165) is 18.5 Å². The second-order valence-corrected chi connectivity index (χ2v) is 4.06. The summed E-state index contributed by atoms with van der Waals surface area (Å²) in [6.45, 7) is 5.77. The molecule has 1 rings (SSSR count). The maximum Gasteiger partial charge on any atom is 0.256 e. The van der Waals surface area contributed by atoms with Crippen molar-refractivity contribution in [1.82, 2.24) is 10.3 Å². The van der Waals surface area contributed by atoms with Crippen molar-refractivity contribution in [1.29, 1.82) is 0 Å². The molecule has 0 bridgehead atoms. The number of amides is 1. The van der Waals surface area contributed by atoms with Crippen LogP contribution in [0.25, 0.3) is 0 Å². The fourth-order valence-electron chi connectivity index (χ4n) is 1.56. The van der Waals surface area contributed by atoms with E-state index >= 15 is 0 Å². The molecular formula is C12H18N2O2. The summed E-state index contributed by atoms with van der Waals surface area (Å²) >= 11 is 0. The molecule has 1 aromatic heterocycles. The van der Waals surface area contributed by atoms with Gasteiger partial charge in [-0.15, -0.1) is 0 Å². The van der Waals surface area contributed by atoms with Gasteiger partial charge in [-0.25, -0.2) is 0 Å². The van der Waals surface area contributed by atoms with Crippen LogP contribution in [0.15, 0.2) is 17.1 Å². The molecule has 0 spiro atoms. The van der Waals surface area contributed by atoms with Gasteiger partial charge < -0.3 is 10.3 Å². The molecule has 88 valence electrons.